The van der Waals surface area contributed by atoms with Crippen molar-refractivity contribution >= 4 is 27.7 Å². The van der Waals surface area contributed by atoms with Crippen LogP contribution in [-0.2, 0) is 4.74 Å². The van der Waals surface area contributed by atoms with Crippen LogP contribution in [0.3, 0.4) is 0 Å². The monoisotopic (exact) mass is 309 g/mol. The van der Waals surface area contributed by atoms with Gasteiger partial charge in [0.2, 0.25) is 0 Å². The van der Waals surface area contributed by atoms with Crippen LogP contribution in [0.4, 0.5) is 5.82 Å². The molecule has 0 saturated carbocycles. The van der Waals surface area contributed by atoms with Crippen molar-refractivity contribution in [2.45, 2.75) is 6.92 Å². The topological polar surface area (TPSA) is 70.1 Å². The summed E-state index contributed by atoms with van der Waals surface area (Å²) in [5.74, 6) is -0.240. The minimum atomic E-state index is -0.510. The third kappa shape index (κ3) is 2.38. The van der Waals surface area contributed by atoms with Crippen LogP contribution in [-0.4, -0.2) is 22.1 Å². The second-order valence-electron chi connectivity index (χ2n) is 3.55. The Labute approximate surface area is 113 Å². The Morgan fingerprint density at radius 3 is 3.00 bits per heavy atom. The van der Waals surface area contributed by atoms with Crippen LogP contribution in [0.25, 0.3) is 5.69 Å². The standard InChI is InChI=1S/C12H12BrN3O2/c1-2-18-12(17)10-11(14)16(7-15-10)9-5-3-4-8(13)6-9/h3-7H,2,14H2,1H3. The summed E-state index contributed by atoms with van der Waals surface area (Å²) in [6.45, 7) is 2.03. The number of ether oxygens (including phenoxy) is 1. The fourth-order valence-electron chi connectivity index (χ4n) is 1.55. The smallest absolute Gasteiger partial charge is 0.360 e. The first-order valence-corrected chi connectivity index (χ1v) is 6.18. The minimum absolute atomic E-state index is 0.136. The van der Waals surface area contributed by atoms with Gasteiger partial charge < -0.3 is 10.5 Å². The molecule has 2 rings (SSSR count). The maximum atomic E-state index is 11.6. The molecule has 0 fully saturated rings. The van der Waals surface area contributed by atoms with Crippen molar-refractivity contribution < 1.29 is 9.53 Å². The Hall–Kier alpha value is -1.82. The summed E-state index contributed by atoms with van der Waals surface area (Å²) >= 11 is 3.38. The molecule has 0 atom stereocenters. The summed E-state index contributed by atoms with van der Waals surface area (Å²) in [6, 6.07) is 7.54. The zero-order chi connectivity index (χ0) is 13.1. The number of nitrogen functional groups attached to an aromatic ring is 1. The summed E-state index contributed by atoms with van der Waals surface area (Å²) < 4.78 is 7.44. The van der Waals surface area contributed by atoms with E-state index in [1.165, 1.54) is 6.33 Å². The molecule has 0 radical (unpaired) electrons. The molecule has 0 unspecified atom stereocenters. The molecule has 2 aromatic rings. The van der Waals surface area contributed by atoms with Gasteiger partial charge in [-0.25, -0.2) is 9.78 Å². The molecule has 2 N–H and O–H groups in total. The first kappa shape index (κ1) is 12.6. The Balaban J connectivity index is 2.39. The number of imidazole rings is 1. The predicted molar refractivity (Wildman–Crippen MR) is 71.6 cm³/mol. The van der Waals surface area contributed by atoms with E-state index in [1.807, 2.05) is 24.3 Å². The number of halogens is 1. The molecule has 0 aliphatic rings. The molecule has 18 heavy (non-hydrogen) atoms. The van der Waals surface area contributed by atoms with E-state index in [0.29, 0.717) is 6.61 Å². The minimum Gasteiger partial charge on any atom is -0.461 e. The average molecular weight is 310 g/mol. The molecule has 0 bridgehead atoms. The predicted octanol–water partition coefficient (Wildman–Crippen LogP) is 2.39. The highest BCUT2D eigenvalue weighted by atomic mass is 79.9. The molecular weight excluding hydrogens is 298 g/mol. The van der Waals surface area contributed by atoms with Crippen LogP contribution in [0.5, 0.6) is 0 Å². The molecule has 1 aromatic carbocycles. The number of hydrogen-bond acceptors (Lipinski definition) is 4. The summed E-state index contributed by atoms with van der Waals surface area (Å²) in [5.41, 5.74) is 6.86. The van der Waals surface area contributed by atoms with Gasteiger partial charge >= 0.3 is 5.97 Å². The SMILES string of the molecule is CCOC(=O)c1ncn(-c2cccc(Br)c2)c1N. The largest absolute Gasteiger partial charge is 0.461 e. The number of anilines is 1. The van der Waals surface area contributed by atoms with Crippen molar-refractivity contribution in [2.75, 3.05) is 12.3 Å². The summed E-state index contributed by atoms with van der Waals surface area (Å²) in [4.78, 5) is 15.6. The summed E-state index contributed by atoms with van der Waals surface area (Å²) in [7, 11) is 0. The number of nitrogens with zero attached hydrogens (tertiary/aromatic N) is 2. The Morgan fingerprint density at radius 1 is 1.56 bits per heavy atom. The van der Waals surface area contributed by atoms with Gasteiger partial charge in [0, 0.05) is 10.2 Å². The van der Waals surface area contributed by atoms with E-state index in [1.54, 1.807) is 11.5 Å². The van der Waals surface area contributed by atoms with Crippen molar-refractivity contribution in [1.29, 1.82) is 0 Å². The lowest BCUT2D eigenvalue weighted by molar-refractivity contribution is 0.0521. The third-order valence-corrected chi connectivity index (χ3v) is 2.85. The molecule has 5 nitrogen and oxygen atoms in total. The fraction of sp³-hybridized carbons (Fsp3) is 0.167. The number of esters is 1. The van der Waals surface area contributed by atoms with E-state index in [0.717, 1.165) is 10.2 Å². The number of carbonyl (C=O) groups is 1. The quantitative estimate of drug-likeness (QED) is 0.884. The molecule has 0 aliphatic carbocycles. The van der Waals surface area contributed by atoms with Gasteiger partial charge in [-0.3, -0.25) is 4.57 Å². The van der Waals surface area contributed by atoms with Crippen LogP contribution in [0.15, 0.2) is 35.1 Å². The average Bonchev–Trinajstić information content (AvgIpc) is 2.71. The van der Waals surface area contributed by atoms with E-state index >= 15 is 0 Å². The van der Waals surface area contributed by atoms with Gasteiger partial charge in [0.1, 0.15) is 12.1 Å². The highest BCUT2D eigenvalue weighted by Crippen LogP contribution is 2.20. The van der Waals surface area contributed by atoms with Crippen molar-refractivity contribution in [2.24, 2.45) is 0 Å². The molecule has 0 spiro atoms. The van der Waals surface area contributed by atoms with Crippen LogP contribution >= 0.6 is 15.9 Å². The number of benzene rings is 1. The van der Waals surface area contributed by atoms with Gasteiger partial charge in [-0.1, -0.05) is 22.0 Å². The fourth-order valence-corrected chi connectivity index (χ4v) is 1.93. The first-order valence-electron chi connectivity index (χ1n) is 5.39. The number of carbonyl (C=O) groups excluding carboxylic acids is 1. The van der Waals surface area contributed by atoms with Crippen LogP contribution in [0, 0.1) is 0 Å². The first-order chi connectivity index (χ1) is 8.63. The number of rotatable bonds is 3. The number of aromatic nitrogens is 2. The summed E-state index contributed by atoms with van der Waals surface area (Å²) in [5, 5.41) is 0. The van der Waals surface area contributed by atoms with Crippen molar-refractivity contribution in [3.8, 4) is 5.69 Å². The highest BCUT2D eigenvalue weighted by molar-refractivity contribution is 9.10. The second kappa shape index (κ2) is 5.22. The molecule has 0 amide bonds. The normalized spacial score (nSPS) is 10.3. The van der Waals surface area contributed by atoms with Crippen molar-refractivity contribution in [3.63, 3.8) is 0 Å². The van der Waals surface area contributed by atoms with Gasteiger partial charge in [-0.15, -0.1) is 0 Å². The Bertz CT molecular complexity index is 580. The van der Waals surface area contributed by atoms with E-state index in [2.05, 4.69) is 20.9 Å². The lowest BCUT2D eigenvalue weighted by Crippen LogP contribution is -2.09. The van der Waals surface area contributed by atoms with E-state index < -0.39 is 5.97 Å². The molecule has 0 saturated heterocycles. The van der Waals surface area contributed by atoms with E-state index in [-0.39, 0.29) is 11.5 Å². The Kier molecular flexibility index (Phi) is 3.66. The van der Waals surface area contributed by atoms with Gasteiger partial charge in [0.15, 0.2) is 5.69 Å². The maximum Gasteiger partial charge on any atom is 0.360 e. The lowest BCUT2D eigenvalue weighted by atomic mass is 10.3. The third-order valence-electron chi connectivity index (χ3n) is 2.36. The van der Waals surface area contributed by atoms with Gasteiger partial charge in [-0.2, -0.15) is 0 Å². The van der Waals surface area contributed by atoms with Gasteiger partial charge in [0.25, 0.3) is 0 Å². The lowest BCUT2D eigenvalue weighted by Gasteiger charge is -2.05. The molecule has 6 heteroatoms. The highest BCUT2D eigenvalue weighted by Gasteiger charge is 2.17. The zero-order valence-corrected chi connectivity index (χ0v) is 11.3. The van der Waals surface area contributed by atoms with Crippen LogP contribution in [0.1, 0.15) is 17.4 Å². The molecule has 1 aromatic heterocycles. The molecule has 0 aliphatic heterocycles. The molecule has 1 heterocycles. The van der Waals surface area contributed by atoms with E-state index in [9.17, 15) is 4.79 Å². The molecule has 94 valence electrons. The van der Waals surface area contributed by atoms with E-state index in [4.69, 9.17) is 10.5 Å². The summed E-state index contributed by atoms with van der Waals surface area (Å²) in [6.07, 6.45) is 1.50. The Morgan fingerprint density at radius 2 is 2.33 bits per heavy atom. The number of nitrogens with two attached hydrogens (primary N) is 1. The number of hydrogen-bond donors (Lipinski definition) is 1. The van der Waals surface area contributed by atoms with Crippen LogP contribution in [0.2, 0.25) is 0 Å². The maximum absolute atomic E-state index is 11.6. The second-order valence-corrected chi connectivity index (χ2v) is 4.46. The van der Waals surface area contributed by atoms with Crippen molar-refractivity contribution in [1.82, 2.24) is 9.55 Å². The van der Waals surface area contributed by atoms with Crippen molar-refractivity contribution in [3.05, 3.63) is 40.8 Å². The molecular formula is C12H12BrN3O2. The van der Waals surface area contributed by atoms with Crippen LogP contribution < -0.4 is 5.73 Å². The zero-order valence-electron chi connectivity index (χ0n) is 9.76. The van der Waals surface area contributed by atoms with Gasteiger partial charge in [0.05, 0.1) is 6.61 Å². The van der Waals surface area contributed by atoms with Gasteiger partial charge in [-0.05, 0) is 25.1 Å².